The van der Waals surface area contributed by atoms with Crippen LogP contribution in [0.3, 0.4) is 0 Å². The summed E-state index contributed by atoms with van der Waals surface area (Å²) in [5.74, 6) is -0.158. The summed E-state index contributed by atoms with van der Waals surface area (Å²) in [6, 6.07) is 15.8. The van der Waals surface area contributed by atoms with E-state index in [0.717, 1.165) is 11.1 Å². The first-order chi connectivity index (χ1) is 16.0. The van der Waals surface area contributed by atoms with Gasteiger partial charge in [0.1, 0.15) is 6.10 Å². The summed E-state index contributed by atoms with van der Waals surface area (Å²) in [6.45, 7) is 6.79. The lowest BCUT2D eigenvalue weighted by molar-refractivity contribution is -0.00203. The van der Waals surface area contributed by atoms with Crippen molar-refractivity contribution < 1.29 is 14.3 Å². The van der Waals surface area contributed by atoms with E-state index in [1.165, 1.54) is 5.56 Å². The van der Waals surface area contributed by atoms with E-state index in [9.17, 15) is 9.59 Å². The fraction of sp³-hybridized carbons (Fsp3) is 0.360. The molecule has 2 aliphatic rings. The Balaban J connectivity index is 1.22. The third-order valence-electron chi connectivity index (χ3n) is 6.40. The molecule has 0 spiro atoms. The Morgan fingerprint density at radius 2 is 1.42 bits per heavy atom. The van der Waals surface area contributed by atoms with Crippen molar-refractivity contribution in [1.82, 2.24) is 24.8 Å². The van der Waals surface area contributed by atoms with Crippen molar-refractivity contribution in [1.29, 1.82) is 0 Å². The van der Waals surface area contributed by atoms with E-state index in [-0.39, 0.29) is 17.9 Å². The number of benzene rings is 2. The van der Waals surface area contributed by atoms with E-state index in [1.807, 2.05) is 31.2 Å². The highest BCUT2D eigenvalue weighted by Crippen LogP contribution is 2.27. The molecule has 3 aromatic rings. The predicted molar refractivity (Wildman–Crippen MR) is 122 cm³/mol. The Bertz CT molecular complexity index is 1160. The number of ether oxygens (including phenoxy) is 1. The second-order valence-electron chi connectivity index (χ2n) is 8.73. The van der Waals surface area contributed by atoms with Crippen LogP contribution in [0, 0.1) is 13.8 Å². The van der Waals surface area contributed by atoms with Crippen molar-refractivity contribution in [3.05, 3.63) is 82.2 Å². The van der Waals surface area contributed by atoms with Crippen LogP contribution in [0.25, 0.3) is 0 Å². The van der Waals surface area contributed by atoms with Gasteiger partial charge in [0, 0.05) is 31.7 Å². The van der Waals surface area contributed by atoms with Crippen LogP contribution in [0.5, 0.6) is 0 Å². The summed E-state index contributed by atoms with van der Waals surface area (Å²) >= 11 is 0. The second-order valence-corrected chi connectivity index (χ2v) is 8.73. The lowest BCUT2D eigenvalue weighted by atomic mass is 10.1. The van der Waals surface area contributed by atoms with Crippen LogP contribution in [0.2, 0.25) is 0 Å². The van der Waals surface area contributed by atoms with Crippen LogP contribution in [0.15, 0.2) is 48.5 Å². The first-order valence-corrected chi connectivity index (χ1v) is 11.3. The molecule has 3 heterocycles. The molecule has 8 nitrogen and oxygen atoms in total. The van der Waals surface area contributed by atoms with Gasteiger partial charge in [-0.1, -0.05) is 52.7 Å². The topological polar surface area (TPSA) is 80.6 Å². The molecule has 1 saturated heterocycles. The summed E-state index contributed by atoms with van der Waals surface area (Å²) < 4.78 is 7.82. The number of fused-ring (bicyclic) bond motifs is 1. The molecule has 1 fully saturated rings. The van der Waals surface area contributed by atoms with E-state index < -0.39 is 0 Å². The van der Waals surface area contributed by atoms with Gasteiger partial charge in [-0.05, 0) is 31.5 Å². The zero-order chi connectivity index (χ0) is 22.9. The summed E-state index contributed by atoms with van der Waals surface area (Å²) in [7, 11) is 0. The Hall–Kier alpha value is -3.52. The Morgan fingerprint density at radius 1 is 0.848 bits per heavy atom. The van der Waals surface area contributed by atoms with Crippen molar-refractivity contribution in [2.24, 2.45) is 0 Å². The normalized spacial score (nSPS) is 18.2. The number of aromatic nitrogens is 3. The molecule has 8 heteroatoms. The number of hydrogen-bond donors (Lipinski definition) is 0. The molecule has 2 aromatic carbocycles. The quantitative estimate of drug-likeness (QED) is 0.619. The number of rotatable bonds is 3. The fourth-order valence-corrected chi connectivity index (χ4v) is 4.30. The number of hydrogen-bond acceptors (Lipinski definition) is 5. The van der Waals surface area contributed by atoms with Gasteiger partial charge < -0.3 is 14.5 Å². The predicted octanol–water partition coefficient (Wildman–Crippen LogP) is 2.76. The molecule has 2 aliphatic heterocycles. The molecule has 1 aromatic heterocycles. The van der Waals surface area contributed by atoms with Gasteiger partial charge in [0.05, 0.1) is 18.8 Å². The average Bonchev–Trinajstić information content (AvgIpc) is 3.27. The molecule has 1 atom stereocenters. The van der Waals surface area contributed by atoms with Gasteiger partial charge in [0.2, 0.25) is 0 Å². The molecular weight excluding hydrogens is 418 g/mol. The van der Waals surface area contributed by atoms with Gasteiger partial charge in [0.15, 0.2) is 5.69 Å². The Labute approximate surface area is 192 Å². The van der Waals surface area contributed by atoms with E-state index >= 15 is 0 Å². The first kappa shape index (κ1) is 21.3. The molecule has 5 rings (SSSR count). The summed E-state index contributed by atoms with van der Waals surface area (Å²) in [6.07, 6.45) is -0.112. The fourth-order valence-electron chi connectivity index (χ4n) is 4.30. The average molecular weight is 446 g/mol. The Morgan fingerprint density at radius 3 is 2.06 bits per heavy atom. The highest BCUT2D eigenvalue weighted by molar-refractivity contribution is 5.95. The van der Waals surface area contributed by atoms with Crippen LogP contribution in [0.1, 0.15) is 49.3 Å². The first-order valence-electron chi connectivity index (χ1n) is 11.3. The van der Waals surface area contributed by atoms with E-state index in [2.05, 4.69) is 41.5 Å². The molecule has 2 amide bonds. The number of carbonyl (C=O) groups excluding carboxylic acids is 2. The maximum Gasteiger partial charge on any atom is 0.276 e. The minimum atomic E-state index is -0.156. The van der Waals surface area contributed by atoms with Gasteiger partial charge in [0.25, 0.3) is 11.8 Å². The molecule has 33 heavy (non-hydrogen) atoms. The standard InChI is InChI=1S/C25H27N5O3/c1-17-3-7-19(8-4-17)22-15-30-21(16-33-22)23(26-27-30)25(32)29-13-11-28(12-14-29)24(31)20-9-5-18(2)6-10-20/h3-10,22H,11-16H2,1-2H3/t22-/m1/s1. The zero-order valence-corrected chi connectivity index (χ0v) is 18.9. The maximum absolute atomic E-state index is 13.2. The lowest BCUT2D eigenvalue weighted by Crippen LogP contribution is -2.50. The largest absolute Gasteiger partial charge is 0.365 e. The van der Waals surface area contributed by atoms with E-state index in [4.69, 9.17) is 4.74 Å². The van der Waals surface area contributed by atoms with E-state index in [1.54, 1.807) is 14.5 Å². The summed E-state index contributed by atoms with van der Waals surface area (Å²) in [5, 5.41) is 8.42. The highest BCUT2D eigenvalue weighted by Gasteiger charge is 2.32. The van der Waals surface area contributed by atoms with Gasteiger partial charge in [-0.25, -0.2) is 4.68 Å². The number of carbonyl (C=O) groups is 2. The Kier molecular flexibility index (Phi) is 5.68. The zero-order valence-electron chi connectivity index (χ0n) is 18.9. The number of nitrogens with zero attached hydrogens (tertiary/aromatic N) is 5. The monoisotopic (exact) mass is 445 g/mol. The van der Waals surface area contributed by atoms with Crippen molar-refractivity contribution in [2.45, 2.75) is 33.1 Å². The molecule has 170 valence electrons. The van der Waals surface area contributed by atoms with Crippen LogP contribution < -0.4 is 0 Å². The van der Waals surface area contributed by atoms with Crippen LogP contribution >= 0.6 is 0 Å². The SMILES string of the molecule is Cc1ccc(C(=O)N2CCN(C(=O)c3nnn4c3CO[C@@H](c3ccc(C)cc3)C4)CC2)cc1. The van der Waals surface area contributed by atoms with Gasteiger partial charge in [-0.15, -0.1) is 5.10 Å². The maximum atomic E-state index is 13.2. The molecule has 0 aliphatic carbocycles. The van der Waals surface area contributed by atoms with Crippen LogP contribution in [-0.2, 0) is 17.9 Å². The van der Waals surface area contributed by atoms with Crippen molar-refractivity contribution in [2.75, 3.05) is 26.2 Å². The van der Waals surface area contributed by atoms with Crippen molar-refractivity contribution in [3.63, 3.8) is 0 Å². The van der Waals surface area contributed by atoms with Gasteiger partial charge in [-0.3, -0.25) is 9.59 Å². The lowest BCUT2D eigenvalue weighted by Gasteiger charge is -2.34. The van der Waals surface area contributed by atoms with Crippen molar-refractivity contribution >= 4 is 11.8 Å². The highest BCUT2D eigenvalue weighted by atomic mass is 16.5. The molecule has 0 N–H and O–H groups in total. The van der Waals surface area contributed by atoms with Crippen LogP contribution in [0.4, 0.5) is 0 Å². The van der Waals surface area contributed by atoms with E-state index in [0.29, 0.717) is 56.3 Å². The van der Waals surface area contributed by atoms with Gasteiger partial charge >= 0.3 is 0 Å². The van der Waals surface area contributed by atoms with Crippen LogP contribution in [-0.4, -0.2) is 62.8 Å². The van der Waals surface area contributed by atoms with Crippen molar-refractivity contribution in [3.8, 4) is 0 Å². The number of piperazine rings is 1. The minimum Gasteiger partial charge on any atom is -0.365 e. The molecule has 0 unspecified atom stereocenters. The second kappa shape index (κ2) is 8.78. The third-order valence-corrected chi connectivity index (χ3v) is 6.40. The summed E-state index contributed by atoms with van der Waals surface area (Å²) in [4.78, 5) is 29.5. The molecule has 0 radical (unpaired) electrons. The number of amides is 2. The number of aryl methyl sites for hydroxylation is 2. The summed E-state index contributed by atoms with van der Waals surface area (Å²) in [5.41, 5.74) is 5.13. The molecular formula is C25H27N5O3. The minimum absolute atomic E-state index is 0.00122. The molecule has 0 bridgehead atoms. The smallest absolute Gasteiger partial charge is 0.276 e. The third kappa shape index (κ3) is 4.26. The van der Waals surface area contributed by atoms with Gasteiger partial charge in [-0.2, -0.15) is 0 Å². The molecule has 0 saturated carbocycles.